The molecule has 0 atom stereocenters. The van der Waals surface area contributed by atoms with Gasteiger partial charge in [-0.15, -0.1) is 4.39 Å². The summed E-state index contributed by atoms with van der Waals surface area (Å²) in [6, 6.07) is 9.96. The second-order valence-electron chi connectivity index (χ2n) is 3.80. The zero-order valence-corrected chi connectivity index (χ0v) is 9.02. The summed E-state index contributed by atoms with van der Waals surface area (Å²) in [5.74, 6) is -0.283. The van der Waals surface area contributed by atoms with Crippen LogP contribution in [0.1, 0.15) is 5.69 Å². The molecule has 17 heavy (non-hydrogen) atoms. The summed E-state index contributed by atoms with van der Waals surface area (Å²) in [6.45, 7) is 0. The average molecular weight is 222 g/mol. The van der Waals surface area contributed by atoms with Gasteiger partial charge in [0, 0.05) is 18.3 Å². The lowest BCUT2D eigenvalue weighted by Crippen LogP contribution is -1.91. The van der Waals surface area contributed by atoms with Crippen LogP contribution in [0.15, 0.2) is 60.6 Å². The predicted molar refractivity (Wildman–Crippen MR) is 66.7 cm³/mol. The van der Waals surface area contributed by atoms with Crippen molar-refractivity contribution in [2.45, 2.75) is 0 Å². The molecule has 0 unspecified atom stereocenters. The Balaban J connectivity index is 2.22. The molecular weight excluding hydrogens is 213 g/mol. The molecule has 0 saturated heterocycles. The quantitative estimate of drug-likeness (QED) is 0.668. The number of benzene rings is 1. The third-order valence-electron chi connectivity index (χ3n) is 2.70. The minimum atomic E-state index is -0.283. The maximum absolute atomic E-state index is 12.9. The van der Waals surface area contributed by atoms with Gasteiger partial charge in [-0.1, -0.05) is 18.2 Å². The number of halogens is 1. The van der Waals surface area contributed by atoms with Crippen molar-refractivity contribution in [3.63, 3.8) is 0 Å². The van der Waals surface area contributed by atoms with Crippen LogP contribution in [-0.4, -0.2) is 4.98 Å². The highest BCUT2D eigenvalue weighted by Gasteiger charge is 2.15. The Hall–Kier alpha value is -2.31. The molecule has 3 rings (SSSR count). The highest BCUT2D eigenvalue weighted by molar-refractivity contribution is 5.94. The van der Waals surface area contributed by atoms with E-state index in [1.165, 1.54) is 12.2 Å². The summed E-state index contributed by atoms with van der Waals surface area (Å²) in [7, 11) is 0. The van der Waals surface area contributed by atoms with Crippen LogP contribution in [0, 0.1) is 6.08 Å². The molecule has 1 heterocycles. The molecule has 1 aromatic heterocycles. The molecule has 1 aliphatic carbocycles. The largest absolute Gasteiger partial charge is 0.213 e. The summed E-state index contributed by atoms with van der Waals surface area (Å²) in [5, 5.41) is 2.17. The fourth-order valence-corrected chi connectivity index (χ4v) is 1.89. The van der Waals surface area contributed by atoms with Gasteiger partial charge in [0.05, 0.1) is 11.5 Å². The van der Waals surface area contributed by atoms with Crippen molar-refractivity contribution in [2.24, 2.45) is 0 Å². The molecule has 0 radical (unpaired) electrons. The van der Waals surface area contributed by atoms with Crippen molar-refractivity contribution in [1.29, 1.82) is 0 Å². The summed E-state index contributed by atoms with van der Waals surface area (Å²) >= 11 is 0. The summed E-state index contributed by atoms with van der Waals surface area (Å²) in [4.78, 5) is 4.35. The number of rotatable bonds is 1. The van der Waals surface area contributed by atoms with E-state index < -0.39 is 0 Å². The van der Waals surface area contributed by atoms with Crippen molar-refractivity contribution < 1.29 is 4.39 Å². The molecule has 2 heteroatoms. The second kappa shape index (κ2) is 3.93. The number of allylic oxidation sites excluding steroid dienone is 6. The third kappa shape index (κ3) is 1.75. The lowest BCUT2D eigenvalue weighted by molar-refractivity contribution is 0.666. The van der Waals surface area contributed by atoms with Gasteiger partial charge in [0.2, 0.25) is 5.83 Å². The molecule has 1 nitrogen and oxygen atoms in total. The molecule has 0 N–H and O–H groups in total. The fourth-order valence-electron chi connectivity index (χ4n) is 1.89. The van der Waals surface area contributed by atoms with Crippen molar-refractivity contribution in [1.82, 2.24) is 4.98 Å². The normalized spacial score (nSPS) is 14.2. The first-order valence-electron chi connectivity index (χ1n) is 5.36. The van der Waals surface area contributed by atoms with E-state index in [1.807, 2.05) is 30.3 Å². The lowest BCUT2D eigenvalue weighted by Gasteiger charge is -2.00. The van der Waals surface area contributed by atoms with E-state index in [1.54, 1.807) is 12.3 Å². The highest BCUT2D eigenvalue weighted by Crippen LogP contribution is 2.25. The molecule has 2 aromatic rings. The first-order valence-corrected chi connectivity index (χ1v) is 5.36. The zero-order chi connectivity index (χ0) is 11.7. The van der Waals surface area contributed by atoms with Crippen LogP contribution in [0.4, 0.5) is 4.39 Å². The number of aromatic nitrogens is 1. The highest BCUT2D eigenvalue weighted by atomic mass is 19.1. The van der Waals surface area contributed by atoms with E-state index >= 15 is 0 Å². The monoisotopic (exact) mass is 222 g/mol. The second-order valence-corrected chi connectivity index (χ2v) is 3.80. The van der Waals surface area contributed by atoms with Crippen molar-refractivity contribution >= 4 is 16.3 Å². The first-order chi connectivity index (χ1) is 8.34. The predicted octanol–water partition coefficient (Wildman–Crippen LogP) is 3.84. The van der Waals surface area contributed by atoms with Crippen LogP contribution in [0.3, 0.4) is 0 Å². The Morgan fingerprint density at radius 1 is 1.06 bits per heavy atom. The van der Waals surface area contributed by atoms with E-state index in [0.29, 0.717) is 0 Å². The van der Waals surface area contributed by atoms with Crippen molar-refractivity contribution in [2.75, 3.05) is 0 Å². The Kier molecular flexibility index (Phi) is 2.28. The van der Waals surface area contributed by atoms with Gasteiger partial charge in [-0.05, 0) is 17.5 Å². The van der Waals surface area contributed by atoms with Gasteiger partial charge >= 0.3 is 0 Å². The third-order valence-corrected chi connectivity index (χ3v) is 2.70. The SMILES string of the molecule is FC1=C[C+]=C(c2nccc3ccccc23)C=C1. The number of nitrogens with zero attached hydrogens (tertiary/aromatic N) is 1. The minimum absolute atomic E-state index is 0.283. The molecule has 0 spiro atoms. The van der Waals surface area contributed by atoms with Crippen LogP contribution in [-0.2, 0) is 0 Å². The molecular formula is C15H9FN+. The summed E-state index contributed by atoms with van der Waals surface area (Å²) < 4.78 is 12.9. The molecule has 0 saturated carbocycles. The zero-order valence-electron chi connectivity index (χ0n) is 9.02. The van der Waals surface area contributed by atoms with Gasteiger partial charge in [0.1, 0.15) is 6.08 Å². The smallest absolute Gasteiger partial charge is 0.205 e. The van der Waals surface area contributed by atoms with E-state index in [0.717, 1.165) is 22.0 Å². The van der Waals surface area contributed by atoms with Gasteiger partial charge in [0.15, 0.2) is 11.3 Å². The van der Waals surface area contributed by atoms with Gasteiger partial charge < -0.3 is 0 Å². The van der Waals surface area contributed by atoms with Crippen LogP contribution in [0.25, 0.3) is 16.3 Å². The molecule has 0 amide bonds. The Labute approximate surface area is 98.6 Å². The van der Waals surface area contributed by atoms with E-state index in [4.69, 9.17) is 0 Å². The van der Waals surface area contributed by atoms with Crippen molar-refractivity contribution in [3.8, 4) is 0 Å². The average Bonchev–Trinajstić information content (AvgIpc) is 2.39. The van der Waals surface area contributed by atoms with Crippen LogP contribution >= 0.6 is 0 Å². The first kappa shape index (κ1) is 9.88. The molecule has 0 aliphatic heterocycles. The topological polar surface area (TPSA) is 12.9 Å². The molecule has 0 bridgehead atoms. The van der Waals surface area contributed by atoms with E-state index in [-0.39, 0.29) is 5.83 Å². The van der Waals surface area contributed by atoms with Crippen LogP contribution < -0.4 is 0 Å². The lowest BCUT2D eigenvalue weighted by atomic mass is 10.0. The van der Waals surface area contributed by atoms with Crippen LogP contribution in [0.5, 0.6) is 0 Å². The molecule has 1 aliphatic rings. The van der Waals surface area contributed by atoms with Gasteiger partial charge in [-0.2, -0.15) is 0 Å². The van der Waals surface area contributed by atoms with Gasteiger partial charge in [0.25, 0.3) is 0 Å². The molecule has 80 valence electrons. The Morgan fingerprint density at radius 3 is 2.76 bits per heavy atom. The fraction of sp³-hybridized carbons (Fsp3) is 0. The number of hydrogen-bond donors (Lipinski definition) is 0. The summed E-state index contributed by atoms with van der Waals surface area (Å²) in [6.07, 6.45) is 9.12. The summed E-state index contributed by atoms with van der Waals surface area (Å²) in [5.41, 5.74) is 1.64. The Morgan fingerprint density at radius 2 is 1.94 bits per heavy atom. The van der Waals surface area contributed by atoms with Crippen LogP contribution in [0.2, 0.25) is 0 Å². The van der Waals surface area contributed by atoms with Crippen molar-refractivity contribution in [3.05, 3.63) is 72.4 Å². The standard InChI is InChI=1S/C15H9FN/c16-13-7-5-12(6-8-13)15-14-4-2-1-3-11(14)9-10-17-15/h1-5,7-10H/q+1. The Bertz CT molecular complexity index is 660. The van der Waals surface area contributed by atoms with E-state index in [9.17, 15) is 4.39 Å². The maximum Gasteiger partial charge on any atom is 0.213 e. The number of pyridine rings is 1. The molecule has 0 fully saturated rings. The number of fused-ring (bicyclic) bond motifs is 1. The van der Waals surface area contributed by atoms with E-state index in [2.05, 4.69) is 11.1 Å². The maximum atomic E-state index is 12.9. The molecule has 1 aromatic carbocycles. The van der Waals surface area contributed by atoms with Gasteiger partial charge in [-0.25, -0.2) is 4.98 Å². The van der Waals surface area contributed by atoms with Gasteiger partial charge in [-0.3, -0.25) is 0 Å². The number of hydrogen-bond acceptors (Lipinski definition) is 1. The minimum Gasteiger partial charge on any atom is -0.205 e.